The summed E-state index contributed by atoms with van der Waals surface area (Å²) in [4.78, 5) is 12.1. The molecule has 0 heterocycles. The van der Waals surface area contributed by atoms with Gasteiger partial charge in [0.1, 0.15) is 17.2 Å². The fraction of sp³-hybridized carbons (Fsp3) is 0.316. The van der Waals surface area contributed by atoms with Gasteiger partial charge in [-0.1, -0.05) is 25.5 Å². The smallest absolute Gasteiger partial charge is 0.262 e. The topological polar surface area (TPSA) is 56.8 Å². The van der Waals surface area contributed by atoms with Crippen LogP contribution < -0.4 is 19.5 Å². The van der Waals surface area contributed by atoms with Crippen molar-refractivity contribution >= 4 is 11.6 Å². The van der Waals surface area contributed by atoms with Crippen molar-refractivity contribution in [2.24, 2.45) is 0 Å². The molecule has 5 heteroatoms. The number of benzene rings is 2. The molecule has 0 spiro atoms. The van der Waals surface area contributed by atoms with E-state index >= 15 is 0 Å². The van der Waals surface area contributed by atoms with Crippen molar-refractivity contribution in [2.75, 3.05) is 26.1 Å². The Kier molecular flexibility index (Phi) is 6.49. The molecule has 2 aromatic rings. The van der Waals surface area contributed by atoms with Gasteiger partial charge in [-0.05, 0) is 36.2 Å². The number of anilines is 1. The van der Waals surface area contributed by atoms with E-state index in [0.717, 1.165) is 12.8 Å². The fourth-order valence-electron chi connectivity index (χ4n) is 2.28. The number of aryl methyl sites for hydroxylation is 1. The zero-order chi connectivity index (χ0) is 17.4. The number of carbonyl (C=O) groups excluding carboxylic acids is 1. The quantitative estimate of drug-likeness (QED) is 0.803. The second-order valence-corrected chi connectivity index (χ2v) is 5.30. The van der Waals surface area contributed by atoms with Gasteiger partial charge in [-0.15, -0.1) is 0 Å². The van der Waals surface area contributed by atoms with Crippen molar-refractivity contribution in [2.45, 2.75) is 19.8 Å². The zero-order valence-electron chi connectivity index (χ0n) is 14.3. The summed E-state index contributed by atoms with van der Waals surface area (Å²) >= 11 is 0. The summed E-state index contributed by atoms with van der Waals surface area (Å²) in [6.45, 7) is 2.07. The highest BCUT2D eigenvalue weighted by atomic mass is 16.5. The summed E-state index contributed by atoms with van der Waals surface area (Å²) < 4.78 is 15.9. The molecule has 0 radical (unpaired) electrons. The van der Waals surface area contributed by atoms with Gasteiger partial charge >= 0.3 is 0 Å². The highest BCUT2D eigenvalue weighted by molar-refractivity contribution is 5.93. The Bertz CT molecular complexity index is 668. The number of hydrogen-bond donors (Lipinski definition) is 1. The average molecular weight is 329 g/mol. The summed E-state index contributed by atoms with van der Waals surface area (Å²) in [5.41, 5.74) is 1.84. The lowest BCUT2D eigenvalue weighted by molar-refractivity contribution is -0.118. The fourth-order valence-corrected chi connectivity index (χ4v) is 2.28. The number of nitrogens with one attached hydrogen (secondary N) is 1. The van der Waals surface area contributed by atoms with Gasteiger partial charge in [0, 0.05) is 6.07 Å². The molecule has 0 aliphatic heterocycles. The third-order valence-electron chi connectivity index (χ3n) is 3.51. The predicted molar refractivity (Wildman–Crippen MR) is 94.1 cm³/mol. The Labute approximate surface area is 142 Å². The minimum atomic E-state index is -0.254. The van der Waals surface area contributed by atoms with Crippen LogP contribution in [0.2, 0.25) is 0 Å². The Morgan fingerprint density at radius 2 is 1.71 bits per heavy atom. The Hall–Kier alpha value is -2.69. The lowest BCUT2D eigenvalue weighted by atomic mass is 10.1. The van der Waals surface area contributed by atoms with Crippen LogP contribution in [0.3, 0.4) is 0 Å². The SMILES string of the molecule is CCCc1ccc(OCC(=O)Nc2ccc(OC)cc2OC)cc1. The number of hydrogen-bond acceptors (Lipinski definition) is 4. The normalized spacial score (nSPS) is 10.1. The zero-order valence-corrected chi connectivity index (χ0v) is 14.3. The summed E-state index contributed by atoms with van der Waals surface area (Å²) in [5, 5.41) is 2.77. The molecule has 128 valence electrons. The minimum absolute atomic E-state index is 0.0672. The summed E-state index contributed by atoms with van der Waals surface area (Å²) in [5.74, 6) is 1.61. The van der Waals surface area contributed by atoms with E-state index in [4.69, 9.17) is 14.2 Å². The van der Waals surface area contributed by atoms with Crippen LogP contribution in [0, 0.1) is 0 Å². The molecule has 0 fully saturated rings. The lowest BCUT2D eigenvalue weighted by Gasteiger charge is -2.12. The molecule has 5 nitrogen and oxygen atoms in total. The molecule has 0 saturated carbocycles. The van der Waals surface area contributed by atoms with Crippen molar-refractivity contribution in [3.05, 3.63) is 48.0 Å². The van der Waals surface area contributed by atoms with E-state index in [1.54, 1.807) is 32.4 Å². The molecule has 0 atom stereocenters. The third kappa shape index (κ3) is 4.91. The van der Waals surface area contributed by atoms with Gasteiger partial charge < -0.3 is 19.5 Å². The van der Waals surface area contributed by atoms with Crippen LogP contribution in [0.4, 0.5) is 5.69 Å². The van der Waals surface area contributed by atoms with E-state index in [-0.39, 0.29) is 12.5 Å². The molecule has 0 aliphatic rings. The molecule has 0 saturated heterocycles. The van der Waals surface area contributed by atoms with E-state index in [9.17, 15) is 4.79 Å². The maximum absolute atomic E-state index is 12.1. The van der Waals surface area contributed by atoms with E-state index in [1.807, 2.05) is 24.3 Å². The average Bonchev–Trinajstić information content (AvgIpc) is 2.61. The van der Waals surface area contributed by atoms with Crippen molar-refractivity contribution in [1.82, 2.24) is 0 Å². The molecular weight excluding hydrogens is 306 g/mol. The van der Waals surface area contributed by atoms with Gasteiger partial charge in [-0.25, -0.2) is 0 Å². The van der Waals surface area contributed by atoms with Crippen molar-refractivity contribution in [3.8, 4) is 17.2 Å². The van der Waals surface area contributed by atoms with E-state index in [1.165, 1.54) is 5.56 Å². The number of methoxy groups -OCH3 is 2. The minimum Gasteiger partial charge on any atom is -0.497 e. The Balaban J connectivity index is 1.91. The largest absolute Gasteiger partial charge is 0.497 e. The van der Waals surface area contributed by atoms with Gasteiger partial charge in [-0.2, -0.15) is 0 Å². The molecule has 0 aromatic heterocycles. The Morgan fingerprint density at radius 3 is 2.33 bits per heavy atom. The summed E-state index contributed by atoms with van der Waals surface area (Å²) in [7, 11) is 3.12. The van der Waals surface area contributed by atoms with Gasteiger partial charge in [0.15, 0.2) is 6.61 Å². The third-order valence-corrected chi connectivity index (χ3v) is 3.51. The van der Waals surface area contributed by atoms with Crippen LogP contribution in [0.15, 0.2) is 42.5 Å². The molecule has 0 bridgehead atoms. The van der Waals surface area contributed by atoms with Crippen molar-refractivity contribution in [3.63, 3.8) is 0 Å². The van der Waals surface area contributed by atoms with Crippen LogP contribution >= 0.6 is 0 Å². The maximum Gasteiger partial charge on any atom is 0.262 e. The van der Waals surface area contributed by atoms with Gasteiger partial charge in [-0.3, -0.25) is 4.79 Å². The van der Waals surface area contributed by atoms with Crippen LogP contribution in [0.5, 0.6) is 17.2 Å². The molecule has 24 heavy (non-hydrogen) atoms. The summed E-state index contributed by atoms with van der Waals surface area (Å²) in [6, 6.07) is 13.0. The molecular formula is C19H23NO4. The van der Waals surface area contributed by atoms with Crippen LogP contribution in [0.1, 0.15) is 18.9 Å². The Morgan fingerprint density at radius 1 is 1.00 bits per heavy atom. The van der Waals surface area contributed by atoms with Crippen LogP contribution in [-0.2, 0) is 11.2 Å². The van der Waals surface area contributed by atoms with E-state index < -0.39 is 0 Å². The standard InChI is InChI=1S/C19H23NO4/c1-4-5-14-6-8-15(9-7-14)24-13-19(21)20-17-11-10-16(22-2)12-18(17)23-3/h6-12H,4-5,13H2,1-3H3,(H,20,21). The molecule has 1 amide bonds. The first-order valence-electron chi connectivity index (χ1n) is 7.90. The lowest BCUT2D eigenvalue weighted by Crippen LogP contribution is -2.20. The number of carbonyl (C=O) groups is 1. The number of ether oxygens (including phenoxy) is 3. The van der Waals surface area contributed by atoms with E-state index in [2.05, 4.69) is 12.2 Å². The van der Waals surface area contributed by atoms with E-state index in [0.29, 0.717) is 22.9 Å². The predicted octanol–water partition coefficient (Wildman–Crippen LogP) is 3.67. The second-order valence-electron chi connectivity index (χ2n) is 5.30. The van der Waals surface area contributed by atoms with Crippen molar-refractivity contribution in [1.29, 1.82) is 0 Å². The molecule has 2 aromatic carbocycles. The van der Waals surface area contributed by atoms with Crippen LogP contribution in [-0.4, -0.2) is 26.7 Å². The first kappa shape index (κ1) is 17.7. The molecule has 0 aliphatic carbocycles. The van der Waals surface area contributed by atoms with Crippen LogP contribution in [0.25, 0.3) is 0 Å². The highest BCUT2D eigenvalue weighted by Gasteiger charge is 2.09. The summed E-state index contributed by atoms with van der Waals surface area (Å²) in [6.07, 6.45) is 2.14. The first-order chi connectivity index (χ1) is 11.7. The number of amides is 1. The van der Waals surface area contributed by atoms with Crippen molar-refractivity contribution < 1.29 is 19.0 Å². The number of rotatable bonds is 8. The van der Waals surface area contributed by atoms with Gasteiger partial charge in [0.2, 0.25) is 0 Å². The maximum atomic E-state index is 12.1. The second kappa shape index (κ2) is 8.82. The molecule has 2 rings (SSSR count). The first-order valence-corrected chi connectivity index (χ1v) is 7.90. The molecule has 1 N–H and O–H groups in total. The monoisotopic (exact) mass is 329 g/mol. The van der Waals surface area contributed by atoms with Gasteiger partial charge in [0.05, 0.1) is 19.9 Å². The van der Waals surface area contributed by atoms with Gasteiger partial charge in [0.25, 0.3) is 5.91 Å². The highest BCUT2D eigenvalue weighted by Crippen LogP contribution is 2.28. The molecule has 0 unspecified atom stereocenters.